The van der Waals surface area contributed by atoms with Gasteiger partial charge in [0.15, 0.2) is 6.29 Å². The van der Waals surface area contributed by atoms with Crippen LogP contribution < -0.4 is 0 Å². The molecule has 0 radical (unpaired) electrons. The first-order chi connectivity index (χ1) is 12.7. The molecule has 3 fully saturated rings. The highest BCUT2D eigenvalue weighted by Crippen LogP contribution is 2.57. The van der Waals surface area contributed by atoms with Gasteiger partial charge in [0.1, 0.15) is 12.2 Å². The minimum absolute atomic E-state index is 0.0312. The summed E-state index contributed by atoms with van der Waals surface area (Å²) in [4.78, 5) is 24.7. The summed E-state index contributed by atoms with van der Waals surface area (Å²) in [6.45, 7) is 9.91. The Balaban J connectivity index is 1.66. The van der Waals surface area contributed by atoms with E-state index < -0.39 is 47.9 Å². The van der Waals surface area contributed by atoms with Crippen molar-refractivity contribution >= 4 is 11.9 Å². The highest BCUT2D eigenvalue weighted by Gasteiger charge is 2.62. The van der Waals surface area contributed by atoms with E-state index in [1.165, 1.54) is 6.08 Å². The van der Waals surface area contributed by atoms with Crippen LogP contribution >= 0.6 is 0 Å². The molecule has 0 aromatic carbocycles. The molecule has 2 aliphatic carbocycles. The molecule has 7 atom stereocenters. The van der Waals surface area contributed by atoms with E-state index in [-0.39, 0.29) is 23.7 Å². The standard InChI is InChI=1S/C20H24O7/c1-9-4-5-13(21)20(3)7-12(26-19(24)11-6-14(22)25-8-11)15-10(2)18(23)27-17(15)16(9)20/h6,12-17,21-22H,1-2,4-5,7-8H2,3H3. The lowest BCUT2D eigenvalue weighted by Crippen LogP contribution is -2.58. The Morgan fingerprint density at radius 2 is 2.11 bits per heavy atom. The van der Waals surface area contributed by atoms with E-state index in [1.807, 2.05) is 6.92 Å². The van der Waals surface area contributed by atoms with E-state index in [1.54, 1.807) is 0 Å². The SMILES string of the molecule is C=C1C(=O)OC2C1C(OC(=O)C1=CC(O)OC1)CC1(C)C(O)CCC(=C)C21. The van der Waals surface area contributed by atoms with Gasteiger partial charge in [0.05, 0.1) is 24.2 Å². The van der Waals surface area contributed by atoms with Crippen molar-refractivity contribution in [2.24, 2.45) is 17.3 Å². The Labute approximate surface area is 157 Å². The molecule has 1 saturated heterocycles. The van der Waals surface area contributed by atoms with E-state index in [2.05, 4.69) is 13.2 Å². The Kier molecular flexibility index (Phi) is 4.29. The van der Waals surface area contributed by atoms with Crippen LogP contribution in [0, 0.1) is 17.3 Å². The molecule has 2 aliphatic heterocycles. The Hall–Kier alpha value is -1.96. The minimum atomic E-state index is -1.12. The third kappa shape index (κ3) is 2.76. The fourth-order valence-electron chi connectivity index (χ4n) is 5.13. The van der Waals surface area contributed by atoms with Crippen LogP contribution in [0.2, 0.25) is 0 Å². The minimum Gasteiger partial charge on any atom is -0.458 e. The molecule has 0 amide bonds. The quantitative estimate of drug-likeness (QED) is 0.421. The molecule has 2 saturated carbocycles. The van der Waals surface area contributed by atoms with Crippen molar-refractivity contribution in [2.75, 3.05) is 6.61 Å². The third-order valence-corrected chi connectivity index (χ3v) is 6.56. The highest BCUT2D eigenvalue weighted by molar-refractivity contribution is 5.92. The second kappa shape index (κ2) is 6.29. The number of rotatable bonds is 2. The number of esters is 2. The van der Waals surface area contributed by atoms with Gasteiger partial charge in [-0.3, -0.25) is 0 Å². The second-order valence-corrected chi connectivity index (χ2v) is 8.16. The molecule has 27 heavy (non-hydrogen) atoms. The van der Waals surface area contributed by atoms with E-state index >= 15 is 0 Å². The van der Waals surface area contributed by atoms with E-state index in [0.29, 0.717) is 19.3 Å². The summed E-state index contributed by atoms with van der Waals surface area (Å²) in [5.74, 6) is -1.79. The van der Waals surface area contributed by atoms with Gasteiger partial charge in [0.2, 0.25) is 0 Å². The zero-order chi connectivity index (χ0) is 19.5. The molecule has 2 heterocycles. The molecule has 7 unspecified atom stereocenters. The maximum atomic E-state index is 12.5. The third-order valence-electron chi connectivity index (χ3n) is 6.56. The summed E-state index contributed by atoms with van der Waals surface area (Å²) in [6.07, 6.45) is -0.0370. The van der Waals surface area contributed by atoms with Gasteiger partial charge in [0.25, 0.3) is 0 Å². The van der Waals surface area contributed by atoms with Crippen molar-refractivity contribution in [1.29, 1.82) is 0 Å². The summed E-state index contributed by atoms with van der Waals surface area (Å²) in [7, 11) is 0. The summed E-state index contributed by atoms with van der Waals surface area (Å²) in [5, 5.41) is 20.1. The predicted molar refractivity (Wildman–Crippen MR) is 93.0 cm³/mol. The average molecular weight is 376 g/mol. The fourth-order valence-corrected chi connectivity index (χ4v) is 5.13. The number of carbonyl (C=O) groups is 2. The number of ether oxygens (including phenoxy) is 3. The number of aliphatic hydroxyl groups excluding tert-OH is 2. The van der Waals surface area contributed by atoms with E-state index in [9.17, 15) is 19.8 Å². The first-order valence-corrected chi connectivity index (χ1v) is 9.19. The molecule has 7 nitrogen and oxygen atoms in total. The summed E-state index contributed by atoms with van der Waals surface area (Å²) in [6, 6.07) is 0. The van der Waals surface area contributed by atoms with Gasteiger partial charge in [-0.1, -0.05) is 25.7 Å². The summed E-state index contributed by atoms with van der Waals surface area (Å²) >= 11 is 0. The Morgan fingerprint density at radius 1 is 1.37 bits per heavy atom. The van der Waals surface area contributed by atoms with Crippen LogP contribution in [0.3, 0.4) is 0 Å². The van der Waals surface area contributed by atoms with Crippen LogP contribution in [0.1, 0.15) is 26.2 Å². The van der Waals surface area contributed by atoms with Crippen molar-refractivity contribution in [3.05, 3.63) is 36.0 Å². The maximum Gasteiger partial charge on any atom is 0.336 e. The number of fused-ring (bicyclic) bond motifs is 3. The van der Waals surface area contributed by atoms with E-state index in [0.717, 1.165) is 5.57 Å². The Bertz CT molecular complexity index is 753. The number of hydrogen-bond acceptors (Lipinski definition) is 7. The van der Waals surface area contributed by atoms with Crippen LogP contribution in [0.5, 0.6) is 0 Å². The zero-order valence-corrected chi connectivity index (χ0v) is 15.2. The molecular weight excluding hydrogens is 352 g/mol. The zero-order valence-electron chi connectivity index (χ0n) is 15.2. The lowest BCUT2D eigenvalue weighted by atomic mass is 9.53. The van der Waals surface area contributed by atoms with Gasteiger partial charge in [-0.05, 0) is 25.3 Å². The highest BCUT2D eigenvalue weighted by atomic mass is 16.6. The van der Waals surface area contributed by atoms with Crippen LogP contribution in [0.15, 0.2) is 36.0 Å². The molecular formula is C20H24O7. The van der Waals surface area contributed by atoms with Gasteiger partial charge >= 0.3 is 11.9 Å². The van der Waals surface area contributed by atoms with Gasteiger partial charge in [-0.15, -0.1) is 0 Å². The topological polar surface area (TPSA) is 102 Å². The first kappa shape index (κ1) is 18.4. The molecule has 2 N–H and O–H groups in total. The molecule has 7 heteroatoms. The summed E-state index contributed by atoms with van der Waals surface area (Å²) < 4.78 is 16.3. The largest absolute Gasteiger partial charge is 0.458 e. The Morgan fingerprint density at radius 3 is 2.78 bits per heavy atom. The number of aliphatic hydroxyl groups is 2. The normalized spacial score (nSPS) is 43.7. The lowest BCUT2D eigenvalue weighted by Gasteiger charge is -2.54. The monoisotopic (exact) mass is 376 g/mol. The van der Waals surface area contributed by atoms with Gasteiger partial charge in [-0.2, -0.15) is 0 Å². The van der Waals surface area contributed by atoms with Gasteiger partial charge in [-0.25, -0.2) is 9.59 Å². The van der Waals surface area contributed by atoms with Crippen LogP contribution in [-0.4, -0.2) is 53.4 Å². The van der Waals surface area contributed by atoms with Crippen molar-refractivity contribution in [3.63, 3.8) is 0 Å². The molecule has 0 bridgehead atoms. The molecule has 146 valence electrons. The van der Waals surface area contributed by atoms with Gasteiger partial charge < -0.3 is 24.4 Å². The fraction of sp³-hybridized carbons (Fsp3) is 0.600. The van der Waals surface area contributed by atoms with Gasteiger partial charge in [0, 0.05) is 16.9 Å². The van der Waals surface area contributed by atoms with Crippen LogP contribution in [0.25, 0.3) is 0 Å². The van der Waals surface area contributed by atoms with Crippen molar-refractivity contribution in [3.8, 4) is 0 Å². The van der Waals surface area contributed by atoms with Crippen LogP contribution in [0.4, 0.5) is 0 Å². The lowest BCUT2D eigenvalue weighted by molar-refractivity contribution is -0.175. The van der Waals surface area contributed by atoms with Crippen molar-refractivity contribution in [2.45, 2.75) is 50.8 Å². The summed E-state index contributed by atoms with van der Waals surface area (Å²) in [5.41, 5.74) is 0.840. The van der Waals surface area contributed by atoms with Crippen LogP contribution in [-0.2, 0) is 23.8 Å². The molecule has 0 aromatic heterocycles. The molecule has 4 aliphatic rings. The smallest absolute Gasteiger partial charge is 0.336 e. The van der Waals surface area contributed by atoms with Crippen molar-refractivity contribution in [1.82, 2.24) is 0 Å². The van der Waals surface area contributed by atoms with Crippen molar-refractivity contribution < 1.29 is 34.0 Å². The number of carbonyl (C=O) groups excluding carboxylic acids is 2. The predicted octanol–water partition coefficient (Wildman–Crippen LogP) is 1.01. The molecule has 0 aromatic rings. The van der Waals surface area contributed by atoms with E-state index in [4.69, 9.17) is 14.2 Å². The molecule has 4 rings (SSSR count). The first-order valence-electron chi connectivity index (χ1n) is 9.19. The second-order valence-electron chi connectivity index (χ2n) is 8.16. The molecule has 0 spiro atoms. The number of hydrogen-bond donors (Lipinski definition) is 2. The maximum absolute atomic E-state index is 12.5. The average Bonchev–Trinajstić information content (AvgIpc) is 3.15.